The van der Waals surface area contributed by atoms with Gasteiger partial charge >= 0.3 is 0 Å². The fourth-order valence-electron chi connectivity index (χ4n) is 4.81. The Morgan fingerprint density at radius 3 is 2.50 bits per heavy atom. The lowest BCUT2D eigenvalue weighted by Gasteiger charge is -2.48. The SMILES string of the molecule is CN(c1nnc(-c2cc3ccccc3c(C=O)c2O)s1)C1CC(C)(C)NC(C)(C)C1. The van der Waals surface area contributed by atoms with Crippen molar-refractivity contribution < 1.29 is 9.90 Å². The highest BCUT2D eigenvalue weighted by molar-refractivity contribution is 7.18. The molecule has 0 unspecified atom stereocenters. The number of carbonyl (C=O) groups is 1. The average Bonchev–Trinajstić information content (AvgIpc) is 3.14. The van der Waals surface area contributed by atoms with E-state index in [1.807, 2.05) is 30.3 Å². The zero-order valence-corrected chi connectivity index (χ0v) is 18.9. The van der Waals surface area contributed by atoms with Crippen LogP contribution in [-0.4, -0.2) is 45.8 Å². The summed E-state index contributed by atoms with van der Waals surface area (Å²) < 4.78 is 0. The maximum absolute atomic E-state index is 11.7. The molecule has 0 radical (unpaired) electrons. The summed E-state index contributed by atoms with van der Waals surface area (Å²) in [4.78, 5) is 13.9. The van der Waals surface area contributed by atoms with Crippen LogP contribution >= 0.6 is 11.3 Å². The molecule has 0 amide bonds. The van der Waals surface area contributed by atoms with E-state index < -0.39 is 0 Å². The van der Waals surface area contributed by atoms with E-state index >= 15 is 0 Å². The Morgan fingerprint density at radius 2 is 1.83 bits per heavy atom. The molecule has 1 fully saturated rings. The average molecular weight is 425 g/mol. The van der Waals surface area contributed by atoms with Gasteiger partial charge in [0, 0.05) is 24.2 Å². The van der Waals surface area contributed by atoms with Gasteiger partial charge in [-0.2, -0.15) is 0 Å². The van der Waals surface area contributed by atoms with E-state index in [1.165, 1.54) is 11.3 Å². The van der Waals surface area contributed by atoms with Gasteiger partial charge in [0.1, 0.15) is 5.75 Å². The van der Waals surface area contributed by atoms with Crippen LogP contribution in [0.25, 0.3) is 21.3 Å². The number of aldehydes is 1. The molecule has 7 heteroatoms. The third-order valence-electron chi connectivity index (χ3n) is 5.84. The molecule has 1 saturated heterocycles. The van der Waals surface area contributed by atoms with Gasteiger partial charge in [-0.3, -0.25) is 4.79 Å². The van der Waals surface area contributed by atoms with Gasteiger partial charge < -0.3 is 15.3 Å². The first kappa shape index (κ1) is 20.8. The normalized spacial score (nSPS) is 18.4. The second-order valence-corrected chi connectivity index (χ2v) is 10.4. The van der Waals surface area contributed by atoms with Gasteiger partial charge in [0.15, 0.2) is 11.3 Å². The highest BCUT2D eigenvalue weighted by Crippen LogP contribution is 2.41. The molecule has 2 aromatic carbocycles. The number of nitrogens with one attached hydrogen (secondary N) is 1. The number of anilines is 1. The molecule has 2 N–H and O–H groups in total. The Balaban J connectivity index is 1.69. The van der Waals surface area contributed by atoms with Gasteiger partial charge in [-0.05, 0) is 57.4 Å². The number of carbonyl (C=O) groups excluding carboxylic acids is 1. The van der Waals surface area contributed by atoms with E-state index in [1.54, 1.807) is 0 Å². The summed E-state index contributed by atoms with van der Waals surface area (Å²) in [7, 11) is 2.06. The third-order valence-corrected chi connectivity index (χ3v) is 6.89. The molecule has 6 nitrogen and oxygen atoms in total. The topological polar surface area (TPSA) is 78.4 Å². The van der Waals surface area contributed by atoms with E-state index in [2.05, 4.69) is 55.2 Å². The van der Waals surface area contributed by atoms with E-state index in [0.717, 1.165) is 28.7 Å². The van der Waals surface area contributed by atoms with Crippen LogP contribution in [-0.2, 0) is 0 Å². The predicted molar refractivity (Wildman–Crippen MR) is 123 cm³/mol. The Morgan fingerprint density at radius 1 is 1.17 bits per heavy atom. The van der Waals surface area contributed by atoms with Crippen molar-refractivity contribution >= 4 is 33.5 Å². The van der Waals surface area contributed by atoms with Crippen LogP contribution in [0.3, 0.4) is 0 Å². The van der Waals surface area contributed by atoms with Gasteiger partial charge in [-0.1, -0.05) is 35.6 Å². The van der Waals surface area contributed by atoms with Gasteiger partial charge in [-0.25, -0.2) is 0 Å². The van der Waals surface area contributed by atoms with Gasteiger partial charge in [0.2, 0.25) is 5.13 Å². The van der Waals surface area contributed by atoms with Crippen LogP contribution in [0.2, 0.25) is 0 Å². The minimum atomic E-state index is -0.0433. The second kappa shape index (κ2) is 7.32. The van der Waals surface area contributed by atoms with Gasteiger partial charge in [-0.15, -0.1) is 10.2 Å². The van der Waals surface area contributed by atoms with Crippen molar-refractivity contribution in [2.24, 2.45) is 0 Å². The molecule has 1 aromatic heterocycles. The molecule has 0 saturated carbocycles. The third kappa shape index (κ3) is 3.79. The number of aromatic hydroxyl groups is 1. The van der Waals surface area contributed by atoms with Crippen LogP contribution in [0.4, 0.5) is 5.13 Å². The fourth-order valence-corrected chi connectivity index (χ4v) is 5.71. The molecule has 3 aromatic rings. The van der Waals surface area contributed by atoms with Crippen LogP contribution in [0, 0.1) is 0 Å². The van der Waals surface area contributed by atoms with E-state index in [4.69, 9.17) is 0 Å². The molecule has 4 rings (SSSR count). The lowest BCUT2D eigenvalue weighted by Crippen LogP contribution is -2.61. The van der Waals surface area contributed by atoms with Gasteiger partial charge in [0.05, 0.1) is 11.1 Å². The molecule has 0 atom stereocenters. The number of benzene rings is 2. The lowest BCUT2D eigenvalue weighted by atomic mass is 9.79. The molecular weight excluding hydrogens is 396 g/mol. The van der Waals surface area contributed by atoms with Crippen molar-refractivity contribution in [2.75, 3.05) is 11.9 Å². The van der Waals surface area contributed by atoms with Crippen molar-refractivity contribution in [3.8, 4) is 16.3 Å². The van der Waals surface area contributed by atoms with Crippen molar-refractivity contribution in [3.63, 3.8) is 0 Å². The summed E-state index contributed by atoms with van der Waals surface area (Å²) in [6.45, 7) is 8.92. The van der Waals surface area contributed by atoms with Crippen molar-refractivity contribution in [3.05, 3.63) is 35.9 Å². The summed E-state index contributed by atoms with van der Waals surface area (Å²) in [5.74, 6) is -0.0433. The van der Waals surface area contributed by atoms with Crippen molar-refractivity contribution in [1.82, 2.24) is 15.5 Å². The molecule has 2 heterocycles. The Labute approximate surface area is 180 Å². The standard InChI is InChI=1S/C23H28N4O2S/c1-22(2)11-15(12-23(3,4)26-22)27(5)21-25-24-20(30-21)17-10-14-8-6-7-9-16(14)18(13-28)19(17)29/h6-10,13,15,26,29H,11-12H2,1-5H3. The Hall–Kier alpha value is -2.51. The number of phenolic OH excluding ortho intramolecular Hbond substituents is 1. The largest absolute Gasteiger partial charge is 0.506 e. The lowest BCUT2D eigenvalue weighted by molar-refractivity contribution is 0.112. The molecule has 1 aliphatic heterocycles. The second-order valence-electron chi connectivity index (χ2n) is 9.48. The highest BCUT2D eigenvalue weighted by atomic mass is 32.1. The summed E-state index contributed by atoms with van der Waals surface area (Å²) in [5.41, 5.74) is 0.891. The van der Waals surface area contributed by atoms with E-state index in [9.17, 15) is 9.90 Å². The number of piperidine rings is 1. The number of nitrogens with zero attached hydrogens (tertiary/aromatic N) is 3. The van der Waals surface area contributed by atoms with Crippen LogP contribution in [0.5, 0.6) is 5.75 Å². The summed E-state index contributed by atoms with van der Waals surface area (Å²) >= 11 is 1.44. The van der Waals surface area contributed by atoms with E-state index in [0.29, 0.717) is 22.9 Å². The first-order valence-corrected chi connectivity index (χ1v) is 11.0. The minimum absolute atomic E-state index is 0.0314. The summed E-state index contributed by atoms with van der Waals surface area (Å²) in [6.07, 6.45) is 2.70. The van der Waals surface area contributed by atoms with Gasteiger partial charge in [0.25, 0.3) is 0 Å². The first-order chi connectivity index (χ1) is 14.1. The smallest absolute Gasteiger partial charge is 0.208 e. The Bertz CT molecular complexity index is 1090. The number of rotatable bonds is 4. The number of fused-ring (bicyclic) bond motifs is 1. The number of hydrogen-bond donors (Lipinski definition) is 2. The molecule has 1 aliphatic rings. The monoisotopic (exact) mass is 424 g/mol. The number of hydrogen-bond acceptors (Lipinski definition) is 7. The molecule has 0 spiro atoms. The molecule has 158 valence electrons. The predicted octanol–water partition coefficient (Wildman–Crippen LogP) is 4.62. The zero-order valence-electron chi connectivity index (χ0n) is 18.1. The fraction of sp³-hybridized carbons (Fsp3) is 0.435. The Kier molecular flexibility index (Phi) is 5.06. The first-order valence-electron chi connectivity index (χ1n) is 10.2. The van der Waals surface area contributed by atoms with Crippen molar-refractivity contribution in [2.45, 2.75) is 57.7 Å². The van der Waals surface area contributed by atoms with E-state index in [-0.39, 0.29) is 22.4 Å². The number of phenols is 1. The maximum Gasteiger partial charge on any atom is 0.208 e. The van der Waals surface area contributed by atoms with Crippen LogP contribution < -0.4 is 10.2 Å². The summed E-state index contributed by atoms with van der Waals surface area (Å²) in [6, 6.07) is 9.74. The quantitative estimate of drug-likeness (QED) is 0.595. The molecule has 0 aliphatic carbocycles. The van der Waals surface area contributed by atoms with Crippen LogP contribution in [0.1, 0.15) is 50.9 Å². The minimum Gasteiger partial charge on any atom is -0.506 e. The zero-order chi connectivity index (χ0) is 21.7. The number of aromatic nitrogens is 2. The highest BCUT2D eigenvalue weighted by Gasteiger charge is 2.39. The van der Waals surface area contributed by atoms with Crippen LogP contribution in [0.15, 0.2) is 30.3 Å². The maximum atomic E-state index is 11.7. The summed E-state index contributed by atoms with van der Waals surface area (Å²) in [5, 5.41) is 26.3. The molecule has 30 heavy (non-hydrogen) atoms. The molecule has 0 bridgehead atoms. The van der Waals surface area contributed by atoms with Crippen molar-refractivity contribution in [1.29, 1.82) is 0 Å². The molecular formula is C23H28N4O2S.